The van der Waals surface area contributed by atoms with E-state index in [0.29, 0.717) is 6.54 Å². The zero-order chi connectivity index (χ0) is 11.5. The van der Waals surface area contributed by atoms with E-state index in [1.807, 2.05) is 6.92 Å². The highest BCUT2D eigenvalue weighted by Crippen LogP contribution is 2.40. The van der Waals surface area contributed by atoms with Gasteiger partial charge in [-0.05, 0) is 25.2 Å². The van der Waals surface area contributed by atoms with Crippen LogP contribution in [0.2, 0.25) is 0 Å². The highest BCUT2D eigenvalue weighted by Gasteiger charge is 2.36. The molecule has 0 spiro atoms. The lowest BCUT2D eigenvalue weighted by Crippen LogP contribution is -2.44. The first-order valence-corrected chi connectivity index (χ1v) is 5.97. The molecular weight excluding hydrogens is 188 g/mol. The number of nitrogens with two attached hydrogens (primary N) is 1. The van der Waals surface area contributed by atoms with Gasteiger partial charge in [0.25, 0.3) is 0 Å². The highest BCUT2D eigenvalue weighted by atomic mass is 16.1. The van der Waals surface area contributed by atoms with E-state index >= 15 is 0 Å². The SMILES string of the molecule is CC(N)CNC(=O)C1CCCCC1(C)C. The Morgan fingerprint density at radius 2 is 2.20 bits per heavy atom. The number of hydrogen-bond acceptors (Lipinski definition) is 2. The normalized spacial score (nSPS) is 27.1. The Balaban J connectivity index is 2.49. The first-order valence-electron chi connectivity index (χ1n) is 5.97. The summed E-state index contributed by atoms with van der Waals surface area (Å²) in [5.74, 6) is 0.363. The Bertz CT molecular complexity index is 224. The van der Waals surface area contributed by atoms with Crippen molar-refractivity contribution >= 4 is 5.91 Å². The molecule has 1 saturated carbocycles. The summed E-state index contributed by atoms with van der Waals surface area (Å²) in [6.07, 6.45) is 4.62. The first kappa shape index (κ1) is 12.5. The summed E-state index contributed by atoms with van der Waals surface area (Å²) < 4.78 is 0. The number of hydrogen-bond donors (Lipinski definition) is 2. The second-order valence-electron chi connectivity index (χ2n) is 5.51. The Morgan fingerprint density at radius 3 is 2.73 bits per heavy atom. The van der Waals surface area contributed by atoms with Gasteiger partial charge in [0.2, 0.25) is 5.91 Å². The molecule has 15 heavy (non-hydrogen) atoms. The molecule has 88 valence electrons. The minimum absolute atomic E-state index is 0.0423. The fraction of sp³-hybridized carbons (Fsp3) is 0.917. The number of amides is 1. The molecule has 1 rings (SSSR count). The number of rotatable bonds is 3. The van der Waals surface area contributed by atoms with Crippen molar-refractivity contribution in [1.29, 1.82) is 0 Å². The van der Waals surface area contributed by atoms with Gasteiger partial charge in [0.15, 0.2) is 0 Å². The minimum atomic E-state index is 0.0423. The minimum Gasteiger partial charge on any atom is -0.354 e. The summed E-state index contributed by atoms with van der Waals surface area (Å²) in [6.45, 7) is 6.89. The van der Waals surface area contributed by atoms with E-state index in [9.17, 15) is 4.79 Å². The maximum absolute atomic E-state index is 12.0. The monoisotopic (exact) mass is 212 g/mol. The molecule has 0 heterocycles. The van der Waals surface area contributed by atoms with Crippen molar-refractivity contribution in [2.24, 2.45) is 17.1 Å². The van der Waals surface area contributed by atoms with Crippen molar-refractivity contribution < 1.29 is 4.79 Å². The van der Waals surface area contributed by atoms with Crippen LogP contribution in [0.3, 0.4) is 0 Å². The van der Waals surface area contributed by atoms with Crippen LogP contribution in [0.25, 0.3) is 0 Å². The first-order chi connectivity index (χ1) is 6.93. The third-order valence-electron chi connectivity index (χ3n) is 3.42. The van der Waals surface area contributed by atoms with Crippen molar-refractivity contribution in [3.8, 4) is 0 Å². The molecule has 3 nitrogen and oxygen atoms in total. The van der Waals surface area contributed by atoms with Gasteiger partial charge < -0.3 is 11.1 Å². The van der Waals surface area contributed by atoms with Crippen LogP contribution < -0.4 is 11.1 Å². The van der Waals surface area contributed by atoms with Crippen LogP contribution in [0.4, 0.5) is 0 Å². The van der Waals surface area contributed by atoms with Gasteiger partial charge in [0, 0.05) is 18.5 Å². The zero-order valence-corrected chi connectivity index (χ0v) is 10.2. The van der Waals surface area contributed by atoms with Crippen molar-refractivity contribution in [2.45, 2.75) is 52.5 Å². The zero-order valence-electron chi connectivity index (χ0n) is 10.2. The van der Waals surface area contributed by atoms with Crippen LogP contribution in [0.5, 0.6) is 0 Å². The maximum atomic E-state index is 12.0. The van der Waals surface area contributed by atoms with Crippen LogP contribution in [-0.2, 0) is 4.79 Å². The van der Waals surface area contributed by atoms with Gasteiger partial charge in [0.05, 0.1) is 0 Å². The third-order valence-corrected chi connectivity index (χ3v) is 3.42. The van der Waals surface area contributed by atoms with Crippen LogP contribution in [-0.4, -0.2) is 18.5 Å². The molecule has 0 aromatic carbocycles. The molecule has 0 saturated heterocycles. The fourth-order valence-corrected chi connectivity index (χ4v) is 2.36. The van der Waals surface area contributed by atoms with Gasteiger partial charge in [-0.1, -0.05) is 26.7 Å². The molecule has 3 N–H and O–H groups in total. The van der Waals surface area contributed by atoms with Crippen LogP contribution in [0.1, 0.15) is 46.5 Å². The van der Waals surface area contributed by atoms with Crippen molar-refractivity contribution in [3.05, 3.63) is 0 Å². The molecule has 1 amide bonds. The number of carbonyl (C=O) groups excluding carboxylic acids is 1. The van der Waals surface area contributed by atoms with Crippen molar-refractivity contribution in [2.75, 3.05) is 6.54 Å². The molecule has 0 aromatic heterocycles. The Kier molecular flexibility index (Phi) is 4.14. The molecule has 0 aromatic rings. The largest absolute Gasteiger partial charge is 0.354 e. The Morgan fingerprint density at radius 1 is 1.53 bits per heavy atom. The van der Waals surface area contributed by atoms with Gasteiger partial charge in [-0.3, -0.25) is 4.79 Å². The highest BCUT2D eigenvalue weighted by molar-refractivity contribution is 5.79. The standard InChI is InChI=1S/C12H24N2O/c1-9(13)8-14-11(15)10-6-4-5-7-12(10,2)3/h9-10H,4-8,13H2,1-3H3,(H,14,15). The topological polar surface area (TPSA) is 55.1 Å². The summed E-state index contributed by atoms with van der Waals surface area (Å²) in [4.78, 5) is 12.0. The molecule has 3 heteroatoms. The lowest BCUT2D eigenvalue weighted by Gasteiger charge is -2.37. The van der Waals surface area contributed by atoms with Crippen molar-refractivity contribution in [1.82, 2.24) is 5.32 Å². The van der Waals surface area contributed by atoms with Gasteiger partial charge in [-0.25, -0.2) is 0 Å². The van der Waals surface area contributed by atoms with E-state index in [2.05, 4.69) is 19.2 Å². The molecule has 1 aliphatic carbocycles. The molecular formula is C12H24N2O. The smallest absolute Gasteiger partial charge is 0.223 e. The Labute approximate surface area is 92.8 Å². The van der Waals surface area contributed by atoms with E-state index in [-0.39, 0.29) is 23.3 Å². The van der Waals surface area contributed by atoms with E-state index in [1.165, 1.54) is 12.8 Å². The average Bonchev–Trinajstić information content (AvgIpc) is 2.13. The van der Waals surface area contributed by atoms with Crippen LogP contribution >= 0.6 is 0 Å². The predicted molar refractivity (Wildman–Crippen MR) is 62.4 cm³/mol. The summed E-state index contributed by atoms with van der Waals surface area (Å²) in [6, 6.07) is 0.0423. The predicted octanol–water partition coefficient (Wildman–Crippen LogP) is 1.67. The molecule has 0 bridgehead atoms. The van der Waals surface area contributed by atoms with Gasteiger partial charge in [-0.15, -0.1) is 0 Å². The number of carbonyl (C=O) groups is 1. The maximum Gasteiger partial charge on any atom is 0.223 e. The molecule has 2 unspecified atom stereocenters. The van der Waals surface area contributed by atoms with Gasteiger partial charge in [0.1, 0.15) is 0 Å². The van der Waals surface area contributed by atoms with Gasteiger partial charge in [-0.2, -0.15) is 0 Å². The Hall–Kier alpha value is -0.570. The molecule has 0 aliphatic heterocycles. The molecule has 1 fully saturated rings. The quantitative estimate of drug-likeness (QED) is 0.747. The second-order valence-corrected chi connectivity index (χ2v) is 5.51. The van der Waals surface area contributed by atoms with Crippen LogP contribution in [0.15, 0.2) is 0 Å². The second kappa shape index (κ2) is 4.97. The summed E-state index contributed by atoms with van der Waals surface area (Å²) in [5.41, 5.74) is 5.78. The average molecular weight is 212 g/mol. The lowest BCUT2D eigenvalue weighted by molar-refractivity contribution is -0.130. The van der Waals surface area contributed by atoms with E-state index in [4.69, 9.17) is 5.73 Å². The third kappa shape index (κ3) is 3.49. The van der Waals surface area contributed by atoms with E-state index < -0.39 is 0 Å². The van der Waals surface area contributed by atoms with E-state index in [1.54, 1.807) is 0 Å². The van der Waals surface area contributed by atoms with E-state index in [0.717, 1.165) is 12.8 Å². The molecule has 1 aliphatic rings. The molecule has 0 radical (unpaired) electrons. The summed E-state index contributed by atoms with van der Waals surface area (Å²) >= 11 is 0. The fourth-order valence-electron chi connectivity index (χ4n) is 2.36. The number of nitrogens with one attached hydrogen (secondary N) is 1. The summed E-state index contributed by atoms with van der Waals surface area (Å²) in [7, 11) is 0. The van der Waals surface area contributed by atoms with Crippen molar-refractivity contribution in [3.63, 3.8) is 0 Å². The van der Waals surface area contributed by atoms with Gasteiger partial charge >= 0.3 is 0 Å². The lowest BCUT2D eigenvalue weighted by atomic mass is 9.68. The molecule has 2 atom stereocenters. The van der Waals surface area contributed by atoms with Crippen LogP contribution in [0, 0.1) is 11.3 Å². The summed E-state index contributed by atoms with van der Waals surface area (Å²) in [5, 5.41) is 2.94.